The van der Waals surface area contributed by atoms with Gasteiger partial charge < -0.3 is 5.73 Å². The maximum Gasteiger partial charge on any atom is 0.0226 e. The average Bonchev–Trinajstić information content (AvgIpc) is 2.22. The molecule has 1 nitrogen and oxygen atoms in total. The van der Waals surface area contributed by atoms with E-state index in [-0.39, 0.29) is 6.04 Å². The zero-order chi connectivity index (χ0) is 10.7. The summed E-state index contributed by atoms with van der Waals surface area (Å²) in [6.45, 7) is 0. The van der Waals surface area contributed by atoms with E-state index in [1.165, 1.54) is 27.5 Å². The van der Waals surface area contributed by atoms with Crippen LogP contribution in [0.4, 0.5) is 0 Å². The van der Waals surface area contributed by atoms with E-state index in [4.69, 9.17) is 5.73 Å². The molecule has 1 aliphatic carbocycles. The molecule has 0 bridgehead atoms. The van der Waals surface area contributed by atoms with Crippen LogP contribution in [0.15, 0.2) is 35.9 Å². The summed E-state index contributed by atoms with van der Waals surface area (Å²) in [5.74, 6) is 0. The predicted octanol–water partition coefficient (Wildman–Crippen LogP) is 3.27. The number of rotatable bonds is 2. The van der Waals surface area contributed by atoms with Crippen molar-refractivity contribution in [3.63, 3.8) is 0 Å². The van der Waals surface area contributed by atoms with E-state index in [1.807, 2.05) is 0 Å². The molecule has 1 aromatic rings. The number of hydrogen-bond acceptors (Lipinski definition) is 1. The molecular weight excluding hydrogens is 297 g/mol. The molecule has 0 radical (unpaired) electrons. The highest BCUT2D eigenvalue weighted by Crippen LogP contribution is 2.21. The summed E-state index contributed by atoms with van der Waals surface area (Å²) in [5.41, 5.74) is 8.83. The third-order valence-corrected chi connectivity index (χ3v) is 3.55. The Morgan fingerprint density at radius 1 is 1.27 bits per heavy atom. The average molecular weight is 313 g/mol. The summed E-state index contributed by atoms with van der Waals surface area (Å²) in [5, 5.41) is 0. The van der Waals surface area contributed by atoms with Gasteiger partial charge in [-0.3, -0.25) is 0 Å². The first-order chi connectivity index (χ1) is 7.24. The molecule has 0 aromatic heterocycles. The minimum atomic E-state index is 0.289. The van der Waals surface area contributed by atoms with Crippen LogP contribution in [0.5, 0.6) is 0 Å². The third-order valence-electron chi connectivity index (χ3n) is 2.83. The largest absolute Gasteiger partial charge is 0.324 e. The molecule has 0 heterocycles. The van der Waals surface area contributed by atoms with Crippen LogP contribution in [0.2, 0.25) is 0 Å². The first kappa shape index (κ1) is 11.1. The molecule has 1 unspecified atom stereocenters. The van der Waals surface area contributed by atoms with Crippen LogP contribution in [0, 0.1) is 3.57 Å². The summed E-state index contributed by atoms with van der Waals surface area (Å²) in [4.78, 5) is 0. The smallest absolute Gasteiger partial charge is 0.0226 e. The number of benzene rings is 1. The molecule has 2 rings (SSSR count). The molecule has 2 N–H and O–H groups in total. The second-order valence-electron chi connectivity index (χ2n) is 4.18. The molecule has 2 heteroatoms. The van der Waals surface area contributed by atoms with Gasteiger partial charge in [-0.05, 0) is 66.0 Å². The molecular formula is C13H16IN. The Labute approximate surface area is 105 Å². The van der Waals surface area contributed by atoms with Gasteiger partial charge in [-0.25, -0.2) is 0 Å². The Kier molecular flexibility index (Phi) is 3.81. The number of nitrogens with two attached hydrogens (primary N) is 1. The van der Waals surface area contributed by atoms with Gasteiger partial charge in [0.05, 0.1) is 0 Å². The first-order valence-electron chi connectivity index (χ1n) is 5.43. The lowest BCUT2D eigenvalue weighted by atomic mass is 9.92. The van der Waals surface area contributed by atoms with Crippen molar-refractivity contribution in [2.75, 3.05) is 0 Å². The molecule has 0 fully saturated rings. The fourth-order valence-corrected chi connectivity index (χ4v) is 2.41. The van der Waals surface area contributed by atoms with Crippen LogP contribution in [0.1, 0.15) is 24.8 Å². The van der Waals surface area contributed by atoms with Gasteiger partial charge in [0.1, 0.15) is 0 Å². The van der Waals surface area contributed by atoms with Crippen LogP contribution in [0.3, 0.4) is 0 Å². The lowest BCUT2D eigenvalue weighted by Gasteiger charge is -2.17. The monoisotopic (exact) mass is 313 g/mol. The SMILES string of the molecule is NC1C=C(Cc2ccc(I)cc2)CCC1. The molecule has 1 aliphatic rings. The standard InChI is InChI=1S/C13H16IN/c14-12-6-4-10(5-7-12)8-11-2-1-3-13(15)9-11/h4-7,9,13H,1-3,8,15H2. The van der Waals surface area contributed by atoms with E-state index in [9.17, 15) is 0 Å². The molecule has 0 saturated heterocycles. The van der Waals surface area contributed by atoms with E-state index >= 15 is 0 Å². The van der Waals surface area contributed by atoms with Crippen molar-refractivity contribution < 1.29 is 0 Å². The van der Waals surface area contributed by atoms with Gasteiger partial charge >= 0.3 is 0 Å². The Balaban J connectivity index is 2.05. The van der Waals surface area contributed by atoms with Crippen molar-refractivity contribution in [3.05, 3.63) is 45.0 Å². The summed E-state index contributed by atoms with van der Waals surface area (Å²) < 4.78 is 1.30. The van der Waals surface area contributed by atoms with Gasteiger partial charge in [-0.2, -0.15) is 0 Å². The van der Waals surface area contributed by atoms with E-state index in [0.717, 1.165) is 12.8 Å². The minimum absolute atomic E-state index is 0.289. The number of hydrogen-bond donors (Lipinski definition) is 1. The maximum atomic E-state index is 5.93. The lowest BCUT2D eigenvalue weighted by Crippen LogP contribution is -2.20. The second-order valence-corrected chi connectivity index (χ2v) is 5.43. The fraction of sp³-hybridized carbons (Fsp3) is 0.385. The highest BCUT2D eigenvalue weighted by Gasteiger charge is 2.09. The summed E-state index contributed by atoms with van der Waals surface area (Å²) in [7, 11) is 0. The van der Waals surface area contributed by atoms with Crippen molar-refractivity contribution in [2.45, 2.75) is 31.7 Å². The van der Waals surface area contributed by atoms with Crippen molar-refractivity contribution >= 4 is 22.6 Å². The molecule has 0 saturated carbocycles. The maximum absolute atomic E-state index is 5.93. The van der Waals surface area contributed by atoms with E-state index in [2.05, 4.69) is 52.9 Å². The third kappa shape index (κ3) is 3.31. The first-order valence-corrected chi connectivity index (χ1v) is 6.51. The molecule has 80 valence electrons. The van der Waals surface area contributed by atoms with Gasteiger partial charge in [0.2, 0.25) is 0 Å². The highest BCUT2D eigenvalue weighted by atomic mass is 127. The molecule has 1 aromatic carbocycles. The van der Waals surface area contributed by atoms with Crippen LogP contribution in [0.25, 0.3) is 0 Å². The lowest BCUT2D eigenvalue weighted by molar-refractivity contribution is 0.617. The van der Waals surface area contributed by atoms with Crippen molar-refractivity contribution in [1.29, 1.82) is 0 Å². The second kappa shape index (κ2) is 5.12. The fourth-order valence-electron chi connectivity index (χ4n) is 2.05. The molecule has 1 atom stereocenters. The highest BCUT2D eigenvalue weighted by molar-refractivity contribution is 14.1. The van der Waals surface area contributed by atoms with Gasteiger partial charge in [-0.15, -0.1) is 0 Å². The Morgan fingerprint density at radius 2 is 2.00 bits per heavy atom. The zero-order valence-corrected chi connectivity index (χ0v) is 10.9. The molecule has 0 amide bonds. The van der Waals surface area contributed by atoms with E-state index in [0.29, 0.717) is 0 Å². The van der Waals surface area contributed by atoms with Gasteiger partial charge in [0.15, 0.2) is 0 Å². The van der Waals surface area contributed by atoms with Crippen LogP contribution in [-0.4, -0.2) is 6.04 Å². The zero-order valence-electron chi connectivity index (χ0n) is 8.75. The van der Waals surface area contributed by atoms with Crippen molar-refractivity contribution in [1.82, 2.24) is 0 Å². The van der Waals surface area contributed by atoms with E-state index in [1.54, 1.807) is 0 Å². The van der Waals surface area contributed by atoms with E-state index < -0.39 is 0 Å². The van der Waals surface area contributed by atoms with Crippen molar-refractivity contribution in [3.8, 4) is 0 Å². The molecule has 15 heavy (non-hydrogen) atoms. The predicted molar refractivity (Wildman–Crippen MR) is 72.8 cm³/mol. The van der Waals surface area contributed by atoms with Crippen LogP contribution < -0.4 is 5.73 Å². The Morgan fingerprint density at radius 3 is 2.67 bits per heavy atom. The Hall–Kier alpha value is -0.350. The van der Waals surface area contributed by atoms with Crippen LogP contribution >= 0.6 is 22.6 Å². The van der Waals surface area contributed by atoms with Gasteiger partial charge in [-0.1, -0.05) is 23.8 Å². The normalized spacial score (nSPS) is 21.2. The minimum Gasteiger partial charge on any atom is -0.324 e. The molecule has 0 aliphatic heterocycles. The quantitative estimate of drug-likeness (QED) is 0.658. The van der Waals surface area contributed by atoms with Gasteiger partial charge in [0.25, 0.3) is 0 Å². The number of allylic oxidation sites excluding steroid dienone is 1. The van der Waals surface area contributed by atoms with Crippen LogP contribution in [-0.2, 0) is 6.42 Å². The summed E-state index contributed by atoms with van der Waals surface area (Å²) in [6.07, 6.45) is 6.94. The summed E-state index contributed by atoms with van der Waals surface area (Å²) in [6, 6.07) is 9.04. The summed E-state index contributed by atoms with van der Waals surface area (Å²) >= 11 is 2.34. The topological polar surface area (TPSA) is 26.0 Å². The van der Waals surface area contributed by atoms with Gasteiger partial charge in [0, 0.05) is 9.61 Å². The van der Waals surface area contributed by atoms with Crippen molar-refractivity contribution in [2.24, 2.45) is 5.73 Å². The molecule has 0 spiro atoms. The number of halogens is 1. The Bertz CT molecular complexity index is 353.